The van der Waals surface area contributed by atoms with E-state index in [-0.39, 0.29) is 18.7 Å². The standard InChI is InChI=1S/C15H25NO4S/c1-4-16(9-10-17)8-7-12(18)13-5-6-14(21-13)15(19)20-11(2)3/h5-6,11-12,17-18H,4,7-10H2,1-3H3. The van der Waals surface area contributed by atoms with Gasteiger partial charge in [0, 0.05) is 18.0 Å². The molecule has 0 saturated heterocycles. The van der Waals surface area contributed by atoms with Gasteiger partial charge in [0.2, 0.25) is 0 Å². The fourth-order valence-electron chi connectivity index (χ4n) is 1.93. The SMILES string of the molecule is CCN(CCO)CCC(O)c1ccc(C(=O)OC(C)C)s1. The Balaban J connectivity index is 2.53. The molecule has 0 aromatic carbocycles. The minimum absolute atomic E-state index is 0.119. The lowest BCUT2D eigenvalue weighted by atomic mass is 10.2. The molecular weight excluding hydrogens is 290 g/mol. The molecule has 0 aliphatic carbocycles. The molecule has 5 nitrogen and oxygen atoms in total. The van der Waals surface area contributed by atoms with Crippen LogP contribution in [0, 0.1) is 0 Å². The number of rotatable bonds is 9. The Morgan fingerprint density at radius 2 is 2.10 bits per heavy atom. The molecule has 1 aromatic heterocycles. The smallest absolute Gasteiger partial charge is 0.348 e. The van der Waals surface area contributed by atoms with Crippen LogP contribution in [0.3, 0.4) is 0 Å². The van der Waals surface area contributed by atoms with Gasteiger partial charge in [-0.25, -0.2) is 4.79 Å². The van der Waals surface area contributed by atoms with Crippen LogP contribution in [0.1, 0.15) is 47.8 Å². The van der Waals surface area contributed by atoms with Gasteiger partial charge in [0.15, 0.2) is 0 Å². The molecule has 2 N–H and O–H groups in total. The molecule has 1 rings (SSSR count). The van der Waals surface area contributed by atoms with E-state index in [1.54, 1.807) is 12.1 Å². The van der Waals surface area contributed by atoms with Gasteiger partial charge < -0.3 is 19.8 Å². The van der Waals surface area contributed by atoms with Gasteiger partial charge in [0.25, 0.3) is 0 Å². The maximum Gasteiger partial charge on any atom is 0.348 e. The zero-order valence-electron chi connectivity index (χ0n) is 12.9. The molecule has 0 spiro atoms. The van der Waals surface area contributed by atoms with Crippen molar-refractivity contribution in [2.24, 2.45) is 0 Å². The highest BCUT2D eigenvalue weighted by molar-refractivity contribution is 7.14. The molecule has 6 heteroatoms. The molecule has 1 heterocycles. The number of nitrogens with zero attached hydrogens (tertiary/aromatic N) is 1. The molecule has 0 aliphatic rings. The van der Waals surface area contributed by atoms with Crippen LogP contribution in [0.4, 0.5) is 0 Å². The highest BCUT2D eigenvalue weighted by Gasteiger charge is 2.17. The van der Waals surface area contributed by atoms with E-state index in [0.717, 1.165) is 11.4 Å². The van der Waals surface area contributed by atoms with Crippen LogP contribution in [-0.2, 0) is 4.74 Å². The zero-order valence-corrected chi connectivity index (χ0v) is 13.7. The number of aliphatic hydroxyl groups is 2. The Labute approximate surface area is 130 Å². The number of hydrogen-bond acceptors (Lipinski definition) is 6. The van der Waals surface area contributed by atoms with E-state index >= 15 is 0 Å². The average Bonchev–Trinajstić information content (AvgIpc) is 2.92. The number of carbonyl (C=O) groups excluding carboxylic acids is 1. The van der Waals surface area contributed by atoms with Gasteiger partial charge in [-0.2, -0.15) is 0 Å². The van der Waals surface area contributed by atoms with Gasteiger partial charge in [-0.05, 0) is 38.9 Å². The lowest BCUT2D eigenvalue weighted by Crippen LogP contribution is -2.28. The normalized spacial score (nSPS) is 12.9. The zero-order chi connectivity index (χ0) is 15.8. The van der Waals surface area contributed by atoms with Crippen molar-refractivity contribution in [3.05, 3.63) is 21.9 Å². The lowest BCUT2D eigenvalue weighted by molar-refractivity contribution is 0.0384. The minimum atomic E-state index is -0.594. The number of aliphatic hydroxyl groups excluding tert-OH is 2. The van der Waals surface area contributed by atoms with Crippen LogP contribution in [0.15, 0.2) is 12.1 Å². The predicted molar refractivity (Wildman–Crippen MR) is 83.6 cm³/mol. The minimum Gasteiger partial charge on any atom is -0.459 e. The van der Waals surface area contributed by atoms with Crippen molar-refractivity contribution in [2.75, 3.05) is 26.2 Å². The summed E-state index contributed by atoms with van der Waals surface area (Å²) in [7, 11) is 0. The maximum atomic E-state index is 11.8. The molecule has 0 amide bonds. The number of hydrogen-bond donors (Lipinski definition) is 2. The summed E-state index contributed by atoms with van der Waals surface area (Å²) in [5.74, 6) is -0.344. The topological polar surface area (TPSA) is 70.0 Å². The van der Waals surface area contributed by atoms with Crippen molar-refractivity contribution in [2.45, 2.75) is 39.4 Å². The summed E-state index contributed by atoms with van der Waals surface area (Å²) in [6, 6.07) is 3.47. The maximum absolute atomic E-state index is 11.8. The molecule has 21 heavy (non-hydrogen) atoms. The van der Waals surface area contributed by atoms with Crippen LogP contribution < -0.4 is 0 Å². The van der Waals surface area contributed by atoms with E-state index in [1.807, 2.05) is 20.8 Å². The second-order valence-electron chi connectivity index (χ2n) is 5.12. The van der Waals surface area contributed by atoms with Crippen molar-refractivity contribution >= 4 is 17.3 Å². The number of carbonyl (C=O) groups is 1. The van der Waals surface area contributed by atoms with Crippen LogP contribution >= 0.6 is 11.3 Å². The molecular formula is C15H25NO4S. The van der Waals surface area contributed by atoms with Crippen molar-refractivity contribution in [1.82, 2.24) is 4.90 Å². The monoisotopic (exact) mass is 315 g/mol. The summed E-state index contributed by atoms with van der Waals surface area (Å²) in [6.07, 6.45) is -0.166. The summed E-state index contributed by atoms with van der Waals surface area (Å²) in [4.78, 5) is 15.1. The number of thiophene rings is 1. The van der Waals surface area contributed by atoms with Gasteiger partial charge in [-0.1, -0.05) is 6.92 Å². The average molecular weight is 315 g/mol. The van der Waals surface area contributed by atoms with Crippen LogP contribution in [0.5, 0.6) is 0 Å². The van der Waals surface area contributed by atoms with E-state index in [4.69, 9.17) is 9.84 Å². The highest BCUT2D eigenvalue weighted by atomic mass is 32.1. The number of likely N-dealkylation sites (N-methyl/N-ethyl adjacent to an activating group) is 1. The molecule has 0 aliphatic heterocycles. The summed E-state index contributed by atoms with van der Waals surface area (Å²) in [5.41, 5.74) is 0. The molecule has 0 bridgehead atoms. The molecule has 1 atom stereocenters. The second kappa shape index (κ2) is 9.15. The highest BCUT2D eigenvalue weighted by Crippen LogP contribution is 2.26. The number of ether oxygens (including phenoxy) is 1. The third-order valence-electron chi connectivity index (χ3n) is 3.08. The van der Waals surface area contributed by atoms with E-state index < -0.39 is 6.10 Å². The number of esters is 1. The van der Waals surface area contributed by atoms with Crippen LogP contribution in [-0.4, -0.2) is 53.4 Å². The Kier molecular flexibility index (Phi) is 7.88. The van der Waals surface area contributed by atoms with Crippen LogP contribution in [0.2, 0.25) is 0 Å². The predicted octanol–water partition coefficient (Wildman–Crippen LogP) is 2.05. The Morgan fingerprint density at radius 3 is 2.67 bits per heavy atom. The first kappa shape index (κ1) is 18.1. The second-order valence-corrected chi connectivity index (χ2v) is 6.23. The molecule has 0 radical (unpaired) electrons. The Hall–Kier alpha value is -0.950. The van der Waals surface area contributed by atoms with Crippen molar-refractivity contribution in [3.8, 4) is 0 Å². The van der Waals surface area contributed by atoms with Gasteiger partial charge >= 0.3 is 5.97 Å². The third-order valence-corrected chi connectivity index (χ3v) is 4.25. The van der Waals surface area contributed by atoms with Crippen LogP contribution in [0.25, 0.3) is 0 Å². The fourth-order valence-corrected chi connectivity index (χ4v) is 2.84. The van der Waals surface area contributed by atoms with Gasteiger partial charge in [-0.15, -0.1) is 11.3 Å². The van der Waals surface area contributed by atoms with E-state index in [9.17, 15) is 9.90 Å². The first-order valence-electron chi connectivity index (χ1n) is 7.29. The summed E-state index contributed by atoms with van der Waals surface area (Å²) in [6.45, 7) is 7.91. The van der Waals surface area contributed by atoms with Gasteiger partial charge in [0.05, 0.1) is 18.8 Å². The molecule has 0 fully saturated rings. The summed E-state index contributed by atoms with van der Waals surface area (Å²) in [5, 5.41) is 19.1. The molecule has 120 valence electrons. The largest absolute Gasteiger partial charge is 0.459 e. The van der Waals surface area contributed by atoms with Crippen molar-refractivity contribution in [1.29, 1.82) is 0 Å². The fraction of sp³-hybridized carbons (Fsp3) is 0.667. The first-order valence-corrected chi connectivity index (χ1v) is 8.11. The van der Waals surface area contributed by atoms with E-state index in [0.29, 0.717) is 24.4 Å². The third kappa shape index (κ3) is 6.13. The first-order chi connectivity index (χ1) is 9.97. The summed E-state index contributed by atoms with van der Waals surface area (Å²) >= 11 is 1.27. The Morgan fingerprint density at radius 1 is 1.38 bits per heavy atom. The molecule has 1 unspecified atom stereocenters. The van der Waals surface area contributed by atoms with Gasteiger partial charge in [0.1, 0.15) is 4.88 Å². The summed E-state index contributed by atoms with van der Waals surface area (Å²) < 4.78 is 5.13. The van der Waals surface area contributed by atoms with E-state index in [2.05, 4.69) is 4.90 Å². The van der Waals surface area contributed by atoms with Crippen molar-refractivity contribution in [3.63, 3.8) is 0 Å². The molecule has 1 aromatic rings. The quantitative estimate of drug-likeness (QED) is 0.683. The van der Waals surface area contributed by atoms with E-state index in [1.165, 1.54) is 11.3 Å². The molecule has 0 saturated carbocycles. The van der Waals surface area contributed by atoms with Gasteiger partial charge in [-0.3, -0.25) is 0 Å². The Bertz CT molecular complexity index is 433. The lowest BCUT2D eigenvalue weighted by Gasteiger charge is -2.20. The van der Waals surface area contributed by atoms with Crippen molar-refractivity contribution < 1.29 is 19.7 Å².